The average Bonchev–Trinajstić information content (AvgIpc) is 3.44. The van der Waals surface area contributed by atoms with E-state index in [-0.39, 0.29) is 5.91 Å². The predicted octanol–water partition coefficient (Wildman–Crippen LogP) is 5.59. The van der Waals surface area contributed by atoms with E-state index in [2.05, 4.69) is 94.4 Å². The van der Waals surface area contributed by atoms with Crippen molar-refractivity contribution in [2.75, 3.05) is 6.54 Å². The van der Waals surface area contributed by atoms with Crippen molar-refractivity contribution in [1.82, 2.24) is 20.4 Å². The van der Waals surface area contributed by atoms with Crippen LogP contribution < -0.4 is 10.9 Å². The Morgan fingerprint density at radius 2 is 1.19 bits per heavy atom. The van der Waals surface area contributed by atoms with E-state index in [1.807, 2.05) is 42.7 Å². The quantitative estimate of drug-likeness (QED) is 0.154. The molecule has 0 radical (unpaired) electrons. The zero-order chi connectivity index (χ0) is 25.3. The Morgan fingerprint density at radius 1 is 0.703 bits per heavy atom. The lowest BCUT2D eigenvalue weighted by atomic mass is 9.77. The highest BCUT2D eigenvalue weighted by molar-refractivity contribution is 5.93. The van der Waals surface area contributed by atoms with Crippen molar-refractivity contribution < 1.29 is 4.79 Å². The Balaban J connectivity index is 1.37. The van der Waals surface area contributed by atoms with E-state index in [1.165, 1.54) is 16.7 Å². The van der Waals surface area contributed by atoms with Gasteiger partial charge in [-0.05, 0) is 41.7 Å². The lowest BCUT2D eigenvalue weighted by Gasteiger charge is -2.37. The van der Waals surface area contributed by atoms with Crippen molar-refractivity contribution >= 4 is 5.91 Å². The number of hydrogen-bond donors (Lipinski definition) is 2. The number of hydrogen-bond acceptors (Lipinski definition) is 3. The summed E-state index contributed by atoms with van der Waals surface area (Å²) in [6, 6.07) is 40.9. The first-order valence-electron chi connectivity index (χ1n) is 12.6. The summed E-state index contributed by atoms with van der Waals surface area (Å²) in [5.74, 6) is -0.136. The van der Waals surface area contributed by atoms with E-state index in [9.17, 15) is 4.79 Å². The van der Waals surface area contributed by atoms with Crippen LogP contribution in [0.4, 0.5) is 0 Å². The largest absolute Gasteiger partial charge is 0.319 e. The van der Waals surface area contributed by atoms with Gasteiger partial charge in [-0.1, -0.05) is 109 Å². The summed E-state index contributed by atoms with van der Waals surface area (Å²) >= 11 is 0. The lowest BCUT2D eigenvalue weighted by molar-refractivity contribution is 0.0933. The number of aryl methyl sites for hydroxylation is 1. The van der Waals surface area contributed by atoms with Gasteiger partial charge in [-0.15, -0.1) is 0 Å². The molecule has 2 N–H and O–H groups in total. The fraction of sp³-hybridized carbons (Fsp3) is 0.125. The minimum absolute atomic E-state index is 0.136. The molecule has 0 unspecified atom stereocenters. The maximum atomic E-state index is 12.2. The van der Waals surface area contributed by atoms with Gasteiger partial charge in [0.1, 0.15) is 5.54 Å². The monoisotopic (exact) mass is 486 g/mol. The highest BCUT2D eigenvalue weighted by atomic mass is 16.2. The molecule has 0 aliphatic carbocycles. The number of nitrogens with zero attached hydrogens (tertiary/aromatic N) is 2. The molecule has 37 heavy (non-hydrogen) atoms. The van der Waals surface area contributed by atoms with Gasteiger partial charge in [0.25, 0.3) is 5.91 Å². The van der Waals surface area contributed by atoms with Gasteiger partial charge in [0.05, 0.1) is 12.0 Å². The van der Waals surface area contributed by atoms with Crippen molar-refractivity contribution in [3.05, 3.63) is 162 Å². The van der Waals surface area contributed by atoms with Crippen LogP contribution in [0.3, 0.4) is 0 Å². The Kier molecular flexibility index (Phi) is 7.53. The SMILES string of the molecule is O=C(NNCCCc1cn(C(c2ccccc2)(c2ccccc2)c2ccccc2)cn1)c1ccccc1. The molecule has 1 aromatic heterocycles. The van der Waals surface area contributed by atoms with Crippen LogP contribution in [0.5, 0.6) is 0 Å². The van der Waals surface area contributed by atoms with Crippen molar-refractivity contribution in [2.24, 2.45) is 0 Å². The van der Waals surface area contributed by atoms with Gasteiger partial charge in [0.15, 0.2) is 0 Å². The third-order valence-electron chi connectivity index (χ3n) is 6.57. The number of aromatic nitrogens is 2. The Labute approximate surface area is 217 Å². The zero-order valence-corrected chi connectivity index (χ0v) is 20.6. The fourth-order valence-electron chi connectivity index (χ4n) is 4.82. The van der Waals surface area contributed by atoms with Crippen LogP contribution >= 0.6 is 0 Å². The standard InChI is InChI=1S/C32H30N4O/c37-31(26-14-5-1-6-15-26)35-34-23-13-22-30-24-36(25-33-30)32(27-16-7-2-8-17-27,28-18-9-3-10-19-28)29-20-11-4-12-21-29/h1-12,14-21,24-25,34H,13,22-23H2,(H,35,37). The number of nitrogens with one attached hydrogen (secondary N) is 2. The molecule has 4 aromatic carbocycles. The Morgan fingerprint density at radius 3 is 1.70 bits per heavy atom. The first kappa shape index (κ1) is 24.2. The van der Waals surface area contributed by atoms with Crippen molar-refractivity contribution in [3.63, 3.8) is 0 Å². The molecule has 1 heterocycles. The summed E-state index contributed by atoms with van der Waals surface area (Å²) in [6.45, 7) is 0.645. The van der Waals surface area contributed by atoms with Crippen LogP contribution in [0.2, 0.25) is 0 Å². The third-order valence-corrected chi connectivity index (χ3v) is 6.57. The summed E-state index contributed by atoms with van der Waals surface area (Å²) in [4.78, 5) is 17.0. The van der Waals surface area contributed by atoms with Gasteiger partial charge in [-0.3, -0.25) is 10.2 Å². The summed E-state index contributed by atoms with van der Waals surface area (Å²) < 4.78 is 2.23. The fourth-order valence-corrected chi connectivity index (χ4v) is 4.82. The number of amides is 1. The second-order valence-corrected chi connectivity index (χ2v) is 8.93. The first-order chi connectivity index (χ1) is 18.3. The van der Waals surface area contributed by atoms with Crippen molar-refractivity contribution in [1.29, 1.82) is 0 Å². The molecule has 0 fully saturated rings. The average molecular weight is 487 g/mol. The molecule has 5 aromatic rings. The Bertz CT molecular complexity index is 1300. The molecule has 0 saturated heterocycles. The lowest BCUT2D eigenvalue weighted by Crippen LogP contribution is -2.38. The van der Waals surface area contributed by atoms with Gasteiger partial charge < -0.3 is 4.57 Å². The molecule has 0 bridgehead atoms. The number of benzene rings is 4. The minimum Gasteiger partial charge on any atom is -0.319 e. The van der Waals surface area contributed by atoms with E-state index >= 15 is 0 Å². The van der Waals surface area contributed by atoms with Crippen LogP contribution in [0.1, 0.15) is 39.2 Å². The number of hydrazine groups is 1. The number of rotatable bonds is 10. The number of carbonyl (C=O) groups is 1. The summed E-state index contributed by atoms with van der Waals surface area (Å²) in [6.07, 6.45) is 5.71. The molecule has 1 amide bonds. The number of carbonyl (C=O) groups excluding carboxylic acids is 1. The topological polar surface area (TPSA) is 59.0 Å². The highest BCUT2D eigenvalue weighted by Gasteiger charge is 2.38. The van der Waals surface area contributed by atoms with E-state index < -0.39 is 5.54 Å². The van der Waals surface area contributed by atoms with Gasteiger partial charge in [-0.25, -0.2) is 10.4 Å². The van der Waals surface area contributed by atoms with Crippen LogP contribution in [0.25, 0.3) is 0 Å². The van der Waals surface area contributed by atoms with E-state index in [4.69, 9.17) is 4.98 Å². The van der Waals surface area contributed by atoms with Gasteiger partial charge in [0.2, 0.25) is 0 Å². The molecule has 5 rings (SSSR count). The van der Waals surface area contributed by atoms with E-state index in [0.717, 1.165) is 18.5 Å². The summed E-state index contributed by atoms with van der Waals surface area (Å²) in [5.41, 5.74) is 10.4. The van der Waals surface area contributed by atoms with Crippen LogP contribution in [-0.4, -0.2) is 22.0 Å². The van der Waals surface area contributed by atoms with Gasteiger partial charge >= 0.3 is 0 Å². The summed E-state index contributed by atoms with van der Waals surface area (Å²) in [5, 5.41) is 0. The Hall–Kier alpha value is -4.48. The molecule has 5 nitrogen and oxygen atoms in total. The van der Waals surface area contributed by atoms with Crippen LogP contribution in [0.15, 0.2) is 134 Å². The first-order valence-corrected chi connectivity index (χ1v) is 12.6. The smallest absolute Gasteiger partial charge is 0.265 e. The molecule has 0 spiro atoms. The van der Waals surface area contributed by atoms with E-state index in [0.29, 0.717) is 12.1 Å². The maximum absolute atomic E-state index is 12.2. The molecule has 0 saturated carbocycles. The molecule has 0 atom stereocenters. The van der Waals surface area contributed by atoms with Crippen molar-refractivity contribution in [3.8, 4) is 0 Å². The zero-order valence-electron chi connectivity index (χ0n) is 20.6. The predicted molar refractivity (Wildman–Crippen MR) is 147 cm³/mol. The molecule has 184 valence electrons. The molecular formula is C32H30N4O. The minimum atomic E-state index is -0.559. The van der Waals surface area contributed by atoms with Gasteiger partial charge in [0, 0.05) is 18.3 Å². The molecular weight excluding hydrogens is 456 g/mol. The summed E-state index contributed by atoms with van der Waals surface area (Å²) in [7, 11) is 0. The van der Waals surface area contributed by atoms with Crippen LogP contribution in [0, 0.1) is 0 Å². The second kappa shape index (κ2) is 11.5. The molecule has 5 heteroatoms. The number of imidazole rings is 1. The highest BCUT2D eigenvalue weighted by Crippen LogP contribution is 2.40. The van der Waals surface area contributed by atoms with Crippen LogP contribution in [-0.2, 0) is 12.0 Å². The molecule has 0 aliphatic rings. The maximum Gasteiger partial charge on any atom is 0.265 e. The third kappa shape index (κ3) is 5.22. The second-order valence-electron chi connectivity index (χ2n) is 8.93. The molecule has 0 aliphatic heterocycles. The van der Waals surface area contributed by atoms with Gasteiger partial charge in [-0.2, -0.15) is 0 Å². The van der Waals surface area contributed by atoms with Crippen molar-refractivity contribution in [2.45, 2.75) is 18.4 Å². The van der Waals surface area contributed by atoms with E-state index in [1.54, 1.807) is 12.1 Å². The normalized spacial score (nSPS) is 11.2.